The van der Waals surface area contributed by atoms with Crippen molar-refractivity contribution < 1.29 is 12.8 Å². The fraction of sp³-hybridized carbons (Fsp3) is 0.294. The number of nitrogens with zero attached hydrogens (tertiary/aromatic N) is 2. The molecular formula is C17H18ClFN2O2S. The van der Waals surface area contributed by atoms with E-state index in [0.29, 0.717) is 24.7 Å². The molecular weight excluding hydrogens is 351 g/mol. The van der Waals surface area contributed by atoms with Crippen molar-refractivity contribution in [1.82, 2.24) is 8.61 Å². The molecule has 1 fully saturated rings. The number of hydrogen-bond donors (Lipinski definition) is 0. The number of hydrogen-bond acceptors (Lipinski definition) is 2. The Hall–Kier alpha value is -1.47. The maximum absolute atomic E-state index is 13.0. The predicted molar refractivity (Wildman–Crippen MR) is 92.2 cm³/mol. The topological polar surface area (TPSA) is 40.6 Å². The van der Waals surface area contributed by atoms with Crippen LogP contribution in [-0.2, 0) is 23.3 Å². The first-order chi connectivity index (χ1) is 11.4. The van der Waals surface area contributed by atoms with Crippen molar-refractivity contribution in [2.75, 3.05) is 13.1 Å². The van der Waals surface area contributed by atoms with Crippen molar-refractivity contribution in [2.24, 2.45) is 0 Å². The molecule has 1 saturated heterocycles. The molecule has 128 valence electrons. The van der Waals surface area contributed by atoms with E-state index in [4.69, 9.17) is 11.6 Å². The van der Waals surface area contributed by atoms with Crippen LogP contribution in [0.25, 0.3) is 0 Å². The second-order valence-corrected chi connectivity index (χ2v) is 8.15. The Kier molecular flexibility index (Phi) is 5.20. The van der Waals surface area contributed by atoms with Gasteiger partial charge in [-0.25, -0.2) is 4.39 Å². The van der Waals surface area contributed by atoms with Crippen molar-refractivity contribution in [2.45, 2.75) is 19.5 Å². The van der Waals surface area contributed by atoms with Gasteiger partial charge in [-0.2, -0.15) is 17.0 Å². The SMILES string of the molecule is O=S1(=O)N(Cc2ccc(F)cc2)CCCN1Cc1cccc(Cl)c1. The Morgan fingerprint density at radius 3 is 2.21 bits per heavy atom. The lowest BCUT2D eigenvalue weighted by atomic mass is 10.2. The molecule has 0 radical (unpaired) electrons. The molecule has 0 unspecified atom stereocenters. The van der Waals surface area contributed by atoms with Gasteiger partial charge in [0.1, 0.15) is 5.82 Å². The van der Waals surface area contributed by atoms with E-state index in [9.17, 15) is 12.8 Å². The van der Waals surface area contributed by atoms with Gasteiger partial charge in [0.15, 0.2) is 0 Å². The number of halogens is 2. The summed E-state index contributed by atoms with van der Waals surface area (Å²) in [5, 5.41) is 0.588. The average Bonchev–Trinajstić information content (AvgIpc) is 2.53. The first-order valence-corrected chi connectivity index (χ1v) is 9.47. The summed E-state index contributed by atoms with van der Waals surface area (Å²) in [6.07, 6.45) is 0.751. The van der Waals surface area contributed by atoms with E-state index >= 15 is 0 Å². The van der Waals surface area contributed by atoms with E-state index < -0.39 is 10.2 Å². The zero-order valence-electron chi connectivity index (χ0n) is 13.0. The summed E-state index contributed by atoms with van der Waals surface area (Å²) in [6, 6.07) is 13.1. The van der Waals surface area contributed by atoms with Crippen LogP contribution in [0.2, 0.25) is 5.02 Å². The molecule has 0 atom stereocenters. The summed E-state index contributed by atoms with van der Waals surface area (Å²) in [6.45, 7) is 1.48. The van der Waals surface area contributed by atoms with E-state index in [1.54, 1.807) is 24.3 Å². The summed E-state index contributed by atoms with van der Waals surface area (Å²) >= 11 is 5.97. The minimum absolute atomic E-state index is 0.245. The van der Waals surface area contributed by atoms with Crippen LogP contribution in [0.4, 0.5) is 4.39 Å². The van der Waals surface area contributed by atoms with Gasteiger partial charge in [-0.15, -0.1) is 0 Å². The molecule has 0 N–H and O–H groups in total. The lowest BCUT2D eigenvalue weighted by Gasteiger charge is -2.34. The standard InChI is InChI=1S/C17H18ClFN2O2S/c18-16-4-1-3-15(11-16)13-21-10-2-9-20(24(21,22)23)12-14-5-7-17(19)8-6-14/h1,3-8,11H,2,9-10,12-13H2. The van der Waals surface area contributed by atoms with Gasteiger partial charge in [0, 0.05) is 31.2 Å². The lowest BCUT2D eigenvalue weighted by molar-refractivity contribution is 0.276. The van der Waals surface area contributed by atoms with Crippen molar-refractivity contribution >= 4 is 21.8 Å². The Morgan fingerprint density at radius 1 is 0.958 bits per heavy atom. The van der Waals surface area contributed by atoms with Gasteiger partial charge in [-0.3, -0.25) is 0 Å². The maximum Gasteiger partial charge on any atom is 0.282 e. The van der Waals surface area contributed by atoms with Crippen LogP contribution in [0.5, 0.6) is 0 Å². The molecule has 7 heteroatoms. The zero-order valence-corrected chi connectivity index (χ0v) is 14.6. The Labute approximate surface area is 146 Å². The molecule has 0 aromatic heterocycles. The van der Waals surface area contributed by atoms with Crippen molar-refractivity contribution in [3.05, 3.63) is 70.5 Å². The summed E-state index contributed by atoms with van der Waals surface area (Å²) < 4.78 is 41.5. The number of benzene rings is 2. The highest BCUT2D eigenvalue weighted by Crippen LogP contribution is 2.22. The Bertz CT molecular complexity index is 812. The molecule has 1 aliphatic rings. The lowest BCUT2D eigenvalue weighted by Crippen LogP contribution is -2.48. The molecule has 2 aromatic rings. The van der Waals surface area contributed by atoms with E-state index in [0.717, 1.165) is 17.5 Å². The van der Waals surface area contributed by atoms with Crippen LogP contribution < -0.4 is 0 Å². The highest BCUT2D eigenvalue weighted by Gasteiger charge is 2.33. The molecule has 0 bridgehead atoms. The van der Waals surface area contributed by atoms with Crippen LogP contribution >= 0.6 is 11.6 Å². The summed E-state index contributed by atoms with van der Waals surface area (Å²) in [4.78, 5) is 0. The van der Waals surface area contributed by atoms with Gasteiger partial charge in [0.25, 0.3) is 10.2 Å². The van der Waals surface area contributed by atoms with Gasteiger partial charge in [0.2, 0.25) is 0 Å². The molecule has 1 heterocycles. The van der Waals surface area contributed by atoms with Crippen LogP contribution in [0.1, 0.15) is 17.5 Å². The molecule has 4 nitrogen and oxygen atoms in total. The van der Waals surface area contributed by atoms with E-state index in [1.807, 2.05) is 12.1 Å². The molecule has 0 saturated carbocycles. The maximum atomic E-state index is 13.0. The first-order valence-electron chi connectivity index (χ1n) is 7.69. The van der Waals surface area contributed by atoms with Crippen molar-refractivity contribution in [3.8, 4) is 0 Å². The van der Waals surface area contributed by atoms with Gasteiger partial charge in [0.05, 0.1) is 0 Å². The molecule has 2 aromatic carbocycles. The average molecular weight is 369 g/mol. The fourth-order valence-electron chi connectivity index (χ4n) is 2.77. The zero-order chi connectivity index (χ0) is 17.2. The third-order valence-electron chi connectivity index (χ3n) is 3.99. The van der Waals surface area contributed by atoms with E-state index in [2.05, 4.69) is 0 Å². The Morgan fingerprint density at radius 2 is 1.58 bits per heavy atom. The summed E-state index contributed by atoms with van der Waals surface area (Å²) in [5.74, 6) is -0.331. The third kappa shape index (κ3) is 3.95. The summed E-state index contributed by atoms with van der Waals surface area (Å²) in [7, 11) is -3.55. The minimum Gasteiger partial charge on any atom is -0.207 e. The molecule has 3 rings (SSSR count). The Balaban J connectivity index is 1.76. The van der Waals surface area contributed by atoms with Crippen LogP contribution in [0.3, 0.4) is 0 Å². The first kappa shape index (κ1) is 17.4. The van der Waals surface area contributed by atoms with Crippen LogP contribution in [-0.4, -0.2) is 30.1 Å². The normalized spacial score (nSPS) is 18.6. The van der Waals surface area contributed by atoms with Crippen molar-refractivity contribution in [1.29, 1.82) is 0 Å². The molecule has 0 spiro atoms. The van der Waals surface area contributed by atoms with Crippen molar-refractivity contribution in [3.63, 3.8) is 0 Å². The second kappa shape index (κ2) is 7.19. The number of rotatable bonds is 4. The van der Waals surface area contributed by atoms with E-state index in [1.165, 1.54) is 20.7 Å². The molecule has 1 aliphatic heterocycles. The van der Waals surface area contributed by atoms with E-state index in [-0.39, 0.29) is 12.4 Å². The van der Waals surface area contributed by atoms with Gasteiger partial charge in [-0.1, -0.05) is 35.9 Å². The monoisotopic (exact) mass is 368 g/mol. The van der Waals surface area contributed by atoms with Gasteiger partial charge >= 0.3 is 0 Å². The molecule has 0 aliphatic carbocycles. The smallest absolute Gasteiger partial charge is 0.207 e. The fourth-order valence-corrected chi connectivity index (χ4v) is 4.65. The van der Waals surface area contributed by atoms with Gasteiger partial charge in [-0.05, 0) is 41.8 Å². The third-order valence-corrected chi connectivity index (χ3v) is 6.15. The van der Waals surface area contributed by atoms with Crippen LogP contribution in [0, 0.1) is 5.82 Å². The summed E-state index contributed by atoms with van der Waals surface area (Å²) in [5.41, 5.74) is 1.62. The molecule has 24 heavy (non-hydrogen) atoms. The van der Waals surface area contributed by atoms with Gasteiger partial charge < -0.3 is 0 Å². The quantitative estimate of drug-likeness (QED) is 0.829. The highest BCUT2D eigenvalue weighted by atomic mass is 35.5. The minimum atomic E-state index is -3.55. The predicted octanol–water partition coefficient (Wildman–Crippen LogP) is 3.43. The highest BCUT2D eigenvalue weighted by molar-refractivity contribution is 7.86. The van der Waals surface area contributed by atoms with Crippen LogP contribution in [0.15, 0.2) is 48.5 Å². The second-order valence-electron chi connectivity index (χ2n) is 5.78. The largest absolute Gasteiger partial charge is 0.282 e. The molecule has 0 amide bonds.